The van der Waals surface area contributed by atoms with E-state index in [-0.39, 0.29) is 18.1 Å². The molecule has 4 atom stereocenters. The van der Waals surface area contributed by atoms with E-state index < -0.39 is 47.9 Å². The summed E-state index contributed by atoms with van der Waals surface area (Å²) < 4.78 is 0. The molecular weight excluding hydrogens is 480 g/mol. The zero-order valence-electron chi connectivity index (χ0n) is 20.4. The van der Waals surface area contributed by atoms with Gasteiger partial charge < -0.3 is 26.8 Å². The minimum absolute atomic E-state index is 0.0200. The molecule has 0 saturated heterocycles. The van der Waals surface area contributed by atoms with Crippen molar-refractivity contribution in [1.82, 2.24) is 16.0 Å². The highest BCUT2D eigenvalue weighted by Gasteiger charge is 2.31. The van der Waals surface area contributed by atoms with Crippen LogP contribution in [0.5, 0.6) is 0 Å². The number of nitrogens with two attached hydrogens (primary N) is 1. The molecular formula is C26H34N4O5S. The van der Waals surface area contributed by atoms with Crippen molar-refractivity contribution in [1.29, 1.82) is 0 Å². The molecule has 0 radical (unpaired) electrons. The number of thiol groups is 1. The van der Waals surface area contributed by atoms with Crippen molar-refractivity contribution in [3.8, 4) is 0 Å². The average Bonchev–Trinajstić information content (AvgIpc) is 2.85. The van der Waals surface area contributed by atoms with E-state index in [4.69, 9.17) is 5.73 Å². The maximum absolute atomic E-state index is 13.0. The second kappa shape index (κ2) is 14.3. The normalized spacial score (nSPS) is 14.2. The molecule has 6 N–H and O–H groups in total. The molecule has 2 aromatic carbocycles. The number of hydrogen-bond acceptors (Lipinski definition) is 6. The van der Waals surface area contributed by atoms with Crippen LogP contribution in [-0.2, 0) is 32.0 Å². The number of carboxylic acids is 1. The van der Waals surface area contributed by atoms with E-state index in [9.17, 15) is 24.3 Å². The molecule has 36 heavy (non-hydrogen) atoms. The summed E-state index contributed by atoms with van der Waals surface area (Å²) in [6, 6.07) is 14.1. The first kappa shape index (κ1) is 28.9. The van der Waals surface area contributed by atoms with Crippen LogP contribution in [0.2, 0.25) is 0 Å². The molecule has 4 unspecified atom stereocenters. The highest BCUT2D eigenvalue weighted by atomic mass is 32.1. The molecule has 0 fully saturated rings. The minimum atomic E-state index is -1.19. The Morgan fingerprint density at radius 2 is 1.28 bits per heavy atom. The van der Waals surface area contributed by atoms with Crippen molar-refractivity contribution in [2.75, 3.05) is 5.75 Å². The van der Waals surface area contributed by atoms with Gasteiger partial charge in [0.05, 0.1) is 6.04 Å². The average molecular weight is 515 g/mol. The lowest BCUT2D eigenvalue weighted by atomic mass is 10.0. The molecule has 2 rings (SSSR count). The molecule has 2 aromatic rings. The quantitative estimate of drug-likeness (QED) is 0.219. The molecule has 10 heteroatoms. The fourth-order valence-corrected chi connectivity index (χ4v) is 3.79. The van der Waals surface area contributed by atoms with E-state index in [1.165, 1.54) is 0 Å². The molecule has 0 aliphatic rings. The zero-order valence-corrected chi connectivity index (χ0v) is 21.3. The first-order valence-corrected chi connectivity index (χ1v) is 12.3. The Labute approximate surface area is 216 Å². The van der Waals surface area contributed by atoms with E-state index in [0.29, 0.717) is 6.42 Å². The van der Waals surface area contributed by atoms with Gasteiger partial charge in [-0.05, 0) is 23.5 Å². The fourth-order valence-electron chi connectivity index (χ4n) is 3.53. The van der Waals surface area contributed by atoms with Crippen LogP contribution in [0.1, 0.15) is 25.0 Å². The standard InChI is InChI=1S/C26H34N4O5S/c1-16(2)22(25(33)28-20(26(34)35)14-18-11-7-4-8-12-18)30-24(32)21(15-36)29-23(31)19(27)13-17-9-5-3-6-10-17/h3-12,16,19-22,36H,13-15,27H2,1-2H3,(H,28,33)(H,29,31)(H,30,32)(H,34,35). The van der Waals surface area contributed by atoms with Crippen molar-refractivity contribution >= 4 is 36.3 Å². The van der Waals surface area contributed by atoms with Crippen LogP contribution in [-0.4, -0.2) is 58.7 Å². The number of carbonyl (C=O) groups is 4. The number of amides is 3. The van der Waals surface area contributed by atoms with Crippen LogP contribution in [0.25, 0.3) is 0 Å². The van der Waals surface area contributed by atoms with Gasteiger partial charge in [-0.25, -0.2) is 4.79 Å². The zero-order chi connectivity index (χ0) is 26.7. The van der Waals surface area contributed by atoms with E-state index in [1.807, 2.05) is 36.4 Å². The predicted molar refractivity (Wildman–Crippen MR) is 140 cm³/mol. The lowest BCUT2D eigenvalue weighted by molar-refractivity contribution is -0.142. The maximum atomic E-state index is 13.0. The Morgan fingerprint density at radius 1 is 0.778 bits per heavy atom. The minimum Gasteiger partial charge on any atom is -0.480 e. The number of nitrogens with one attached hydrogen (secondary N) is 3. The van der Waals surface area contributed by atoms with E-state index in [1.54, 1.807) is 38.1 Å². The second-order valence-electron chi connectivity index (χ2n) is 8.86. The summed E-state index contributed by atoms with van der Waals surface area (Å²) >= 11 is 4.17. The van der Waals surface area contributed by atoms with Gasteiger partial charge in [-0.1, -0.05) is 74.5 Å². The molecule has 0 aliphatic heterocycles. The Bertz CT molecular complexity index is 1020. The van der Waals surface area contributed by atoms with E-state index in [2.05, 4.69) is 28.6 Å². The lowest BCUT2D eigenvalue weighted by Gasteiger charge is -2.26. The van der Waals surface area contributed by atoms with Gasteiger partial charge in [0.25, 0.3) is 0 Å². The summed E-state index contributed by atoms with van der Waals surface area (Å²) in [7, 11) is 0. The highest BCUT2D eigenvalue weighted by molar-refractivity contribution is 7.80. The van der Waals surface area contributed by atoms with Crippen molar-refractivity contribution in [3.05, 3.63) is 71.8 Å². The number of benzene rings is 2. The molecule has 0 bridgehead atoms. The van der Waals surface area contributed by atoms with Gasteiger partial charge in [-0.3, -0.25) is 14.4 Å². The van der Waals surface area contributed by atoms with Crippen molar-refractivity contribution in [2.24, 2.45) is 11.7 Å². The summed E-state index contributed by atoms with van der Waals surface area (Å²) in [6.45, 7) is 3.45. The SMILES string of the molecule is CC(C)C(NC(=O)C(CS)NC(=O)C(N)Cc1ccccc1)C(=O)NC(Cc1ccccc1)C(=O)O. The van der Waals surface area contributed by atoms with Crippen LogP contribution in [0.4, 0.5) is 0 Å². The van der Waals surface area contributed by atoms with E-state index in [0.717, 1.165) is 11.1 Å². The monoisotopic (exact) mass is 514 g/mol. The summed E-state index contributed by atoms with van der Waals surface area (Å²) in [5.41, 5.74) is 7.64. The third-order valence-corrected chi connectivity index (χ3v) is 5.96. The van der Waals surface area contributed by atoms with Crippen LogP contribution in [0, 0.1) is 5.92 Å². The van der Waals surface area contributed by atoms with Crippen molar-refractivity contribution in [3.63, 3.8) is 0 Å². The molecule has 9 nitrogen and oxygen atoms in total. The van der Waals surface area contributed by atoms with Crippen molar-refractivity contribution in [2.45, 2.75) is 50.9 Å². The Kier molecular flexibility index (Phi) is 11.4. The van der Waals surface area contributed by atoms with Gasteiger partial charge in [0.2, 0.25) is 17.7 Å². The number of rotatable bonds is 13. The molecule has 0 aromatic heterocycles. The number of carboxylic acid groups (broad SMARTS) is 1. The largest absolute Gasteiger partial charge is 0.480 e. The van der Waals surface area contributed by atoms with Gasteiger partial charge in [-0.15, -0.1) is 0 Å². The molecule has 194 valence electrons. The molecule has 0 aliphatic carbocycles. The first-order valence-electron chi connectivity index (χ1n) is 11.7. The summed E-state index contributed by atoms with van der Waals surface area (Å²) in [4.78, 5) is 50.2. The summed E-state index contributed by atoms with van der Waals surface area (Å²) in [5.74, 6) is -3.33. The smallest absolute Gasteiger partial charge is 0.326 e. The Balaban J connectivity index is 2.01. The second-order valence-corrected chi connectivity index (χ2v) is 9.22. The number of aliphatic carboxylic acids is 1. The van der Waals surface area contributed by atoms with Crippen molar-refractivity contribution < 1.29 is 24.3 Å². The number of carbonyl (C=O) groups excluding carboxylic acids is 3. The highest BCUT2D eigenvalue weighted by Crippen LogP contribution is 2.08. The summed E-state index contributed by atoms with van der Waals surface area (Å²) in [6.07, 6.45) is 0.387. The third kappa shape index (κ3) is 9.01. The predicted octanol–water partition coefficient (Wildman–Crippen LogP) is 0.924. The van der Waals surface area contributed by atoms with Crippen LogP contribution in [0.15, 0.2) is 60.7 Å². The molecule has 3 amide bonds. The van der Waals surface area contributed by atoms with Crippen LogP contribution in [0.3, 0.4) is 0 Å². The van der Waals surface area contributed by atoms with Gasteiger partial charge in [0.15, 0.2) is 0 Å². The molecule has 0 heterocycles. The maximum Gasteiger partial charge on any atom is 0.326 e. The topological polar surface area (TPSA) is 151 Å². The lowest BCUT2D eigenvalue weighted by Crippen LogP contribution is -2.59. The summed E-state index contributed by atoms with van der Waals surface area (Å²) in [5, 5.41) is 17.3. The molecule has 0 saturated carbocycles. The fraction of sp³-hybridized carbons (Fsp3) is 0.385. The van der Waals surface area contributed by atoms with Gasteiger partial charge in [0, 0.05) is 12.2 Å². The van der Waals surface area contributed by atoms with Gasteiger partial charge in [0.1, 0.15) is 18.1 Å². The first-order chi connectivity index (χ1) is 17.1. The number of hydrogen-bond donors (Lipinski definition) is 6. The Hall–Kier alpha value is -3.37. The van der Waals surface area contributed by atoms with E-state index >= 15 is 0 Å². The van der Waals surface area contributed by atoms with Gasteiger partial charge >= 0.3 is 5.97 Å². The van der Waals surface area contributed by atoms with Gasteiger partial charge in [-0.2, -0.15) is 12.6 Å². The van der Waals surface area contributed by atoms with Crippen LogP contribution >= 0.6 is 12.6 Å². The molecule has 0 spiro atoms. The third-order valence-electron chi connectivity index (χ3n) is 5.59. The Morgan fingerprint density at radius 3 is 1.75 bits per heavy atom. The van der Waals surface area contributed by atoms with Crippen LogP contribution < -0.4 is 21.7 Å².